The van der Waals surface area contributed by atoms with Crippen LogP contribution >= 0.6 is 0 Å². The zero-order valence-corrected chi connectivity index (χ0v) is 12.9. The molecule has 0 spiro atoms. The van der Waals surface area contributed by atoms with Gasteiger partial charge in [-0.25, -0.2) is 0 Å². The SMILES string of the molecule is CC(=O)/C=C/Nc1ccccc1CC1(C(C)C)OCCO1. The van der Waals surface area contributed by atoms with Gasteiger partial charge in [0.25, 0.3) is 0 Å². The molecule has 0 aliphatic carbocycles. The van der Waals surface area contributed by atoms with Gasteiger partial charge in [0.2, 0.25) is 0 Å². The fourth-order valence-corrected chi connectivity index (χ4v) is 2.44. The largest absolute Gasteiger partial charge is 0.361 e. The van der Waals surface area contributed by atoms with Crippen molar-refractivity contribution in [3.05, 3.63) is 42.1 Å². The van der Waals surface area contributed by atoms with Crippen LogP contribution in [0.1, 0.15) is 26.3 Å². The molecule has 0 amide bonds. The fraction of sp³-hybridized carbons (Fsp3) is 0.471. The normalized spacial score (nSPS) is 17.5. The van der Waals surface area contributed by atoms with Crippen molar-refractivity contribution in [3.63, 3.8) is 0 Å². The molecule has 0 radical (unpaired) electrons. The summed E-state index contributed by atoms with van der Waals surface area (Å²) in [5.74, 6) is -0.274. The van der Waals surface area contributed by atoms with Gasteiger partial charge in [0.15, 0.2) is 11.6 Å². The van der Waals surface area contributed by atoms with Gasteiger partial charge in [0, 0.05) is 24.2 Å². The number of hydrogen-bond donors (Lipinski definition) is 1. The first-order chi connectivity index (χ1) is 10.0. The molecule has 1 aliphatic heterocycles. The van der Waals surface area contributed by atoms with E-state index >= 15 is 0 Å². The van der Waals surface area contributed by atoms with Crippen molar-refractivity contribution in [1.29, 1.82) is 0 Å². The zero-order valence-electron chi connectivity index (χ0n) is 12.9. The summed E-state index contributed by atoms with van der Waals surface area (Å²) in [6.07, 6.45) is 3.86. The van der Waals surface area contributed by atoms with Gasteiger partial charge in [0.1, 0.15) is 0 Å². The highest BCUT2D eigenvalue weighted by Gasteiger charge is 2.40. The van der Waals surface area contributed by atoms with Crippen LogP contribution in [-0.2, 0) is 20.7 Å². The highest BCUT2D eigenvalue weighted by atomic mass is 16.7. The van der Waals surface area contributed by atoms with Gasteiger partial charge >= 0.3 is 0 Å². The lowest BCUT2D eigenvalue weighted by Gasteiger charge is -2.32. The Morgan fingerprint density at radius 1 is 1.33 bits per heavy atom. The van der Waals surface area contributed by atoms with E-state index in [0.29, 0.717) is 19.6 Å². The first-order valence-electron chi connectivity index (χ1n) is 7.33. The predicted molar refractivity (Wildman–Crippen MR) is 83.1 cm³/mol. The van der Waals surface area contributed by atoms with E-state index in [2.05, 4.69) is 25.2 Å². The van der Waals surface area contributed by atoms with Crippen molar-refractivity contribution in [3.8, 4) is 0 Å². The number of carbonyl (C=O) groups is 1. The van der Waals surface area contributed by atoms with Gasteiger partial charge in [-0.2, -0.15) is 0 Å². The summed E-state index contributed by atoms with van der Waals surface area (Å²) in [5.41, 5.74) is 2.08. The summed E-state index contributed by atoms with van der Waals surface area (Å²) in [7, 11) is 0. The lowest BCUT2D eigenvalue weighted by atomic mass is 9.94. The first-order valence-corrected chi connectivity index (χ1v) is 7.33. The van der Waals surface area contributed by atoms with E-state index < -0.39 is 5.79 Å². The molecule has 2 rings (SSSR count). The highest BCUT2D eigenvalue weighted by molar-refractivity contribution is 5.87. The van der Waals surface area contributed by atoms with Crippen LogP contribution in [-0.4, -0.2) is 24.8 Å². The molecular weight excluding hydrogens is 266 g/mol. The number of anilines is 1. The van der Waals surface area contributed by atoms with Crippen molar-refractivity contribution in [1.82, 2.24) is 0 Å². The van der Waals surface area contributed by atoms with Crippen molar-refractivity contribution in [2.45, 2.75) is 33.0 Å². The Kier molecular flexibility index (Phi) is 5.15. The molecule has 0 aromatic heterocycles. The number of hydrogen-bond acceptors (Lipinski definition) is 4. The van der Waals surface area contributed by atoms with Crippen molar-refractivity contribution >= 4 is 11.5 Å². The zero-order chi connectivity index (χ0) is 15.3. The number of para-hydroxylation sites is 1. The van der Waals surface area contributed by atoms with Gasteiger partial charge in [-0.1, -0.05) is 32.0 Å². The second kappa shape index (κ2) is 6.87. The van der Waals surface area contributed by atoms with E-state index in [-0.39, 0.29) is 11.7 Å². The van der Waals surface area contributed by atoms with Gasteiger partial charge < -0.3 is 14.8 Å². The van der Waals surface area contributed by atoms with E-state index in [9.17, 15) is 4.79 Å². The van der Waals surface area contributed by atoms with Crippen molar-refractivity contribution in [2.24, 2.45) is 5.92 Å². The molecule has 0 saturated carbocycles. The smallest absolute Gasteiger partial charge is 0.174 e. The number of ketones is 1. The molecule has 4 heteroatoms. The molecule has 1 aliphatic rings. The molecule has 1 fully saturated rings. The molecule has 4 nitrogen and oxygen atoms in total. The van der Waals surface area contributed by atoms with Gasteiger partial charge in [-0.3, -0.25) is 4.79 Å². The Labute approximate surface area is 126 Å². The quantitative estimate of drug-likeness (QED) is 0.817. The van der Waals surface area contributed by atoms with Crippen LogP contribution in [0.3, 0.4) is 0 Å². The number of carbonyl (C=O) groups excluding carboxylic acids is 1. The molecule has 1 saturated heterocycles. The predicted octanol–water partition coefficient (Wildman–Crippen LogP) is 3.14. The Hall–Kier alpha value is -1.65. The van der Waals surface area contributed by atoms with Crippen LogP contribution in [0.25, 0.3) is 0 Å². The van der Waals surface area contributed by atoms with Gasteiger partial charge in [0.05, 0.1) is 13.2 Å². The summed E-state index contributed by atoms with van der Waals surface area (Å²) in [6.45, 7) is 7.02. The van der Waals surface area contributed by atoms with Crippen LogP contribution in [0.5, 0.6) is 0 Å². The van der Waals surface area contributed by atoms with Crippen LogP contribution in [0.4, 0.5) is 5.69 Å². The average Bonchev–Trinajstić information content (AvgIpc) is 2.90. The number of benzene rings is 1. The third-order valence-corrected chi connectivity index (χ3v) is 3.67. The van der Waals surface area contributed by atoms with Crippen LogP contribution in [0.15, 0.2) is 36.5 Å². The Morgan fingerprint density at radius 3 is 2.62 bits per heavy atom. The summed E-state index contributed by atoms with van der Waals surface area (Å²) >= 11 is 0. The standard InChI is InChI=1S/C17H23NO3/c1-13(2)17(20-10-11-21-17)12-15-6-4-5-7-16(15)18-9-8-14(3)19/h4-9,13,18H,10-12H2,1-3H3/b9-8+. The lowest BCUT2D eigenvalue weighted by molar-refractivity contribution is -0.186. The van der Waals surface area contributed by atoms with Crippen LogP contribution in [0, 0.1) is 5.92 Å². The molecule has 1 aromatic rings. The molecule has 0 atom stereocenters. The van der Waals surface area contributed by atoms with E-state index in [4.69, 9.17) is 9.47 Å². The topological polar surface area (TPSA) is 47.6 Å². The molecule has 21 heavy (non-hydrogen) atoms. The second-order valence-corrected chi connectivity index (χ2v) is 5.59. The maximum absolute atomic E-state index is 11.0. The number of nitrogens with one attached hydrogen (secondary N) is 1. The molecule has 0 unspecified atom stereocenters. The fourth-order valence-electron chi connectivity index (χ4n) is 2.44. The monoisotopic (exact) mass is 289 g/mol. The highest BCUT2D eigenvalue weighted by Crippen LogP contribution is 2.33. The summed E-state index contributed by atoms with van der Waals surface area (Å²) in [4.78, 5) is 11.0. The maximum Gasteiger partial charge on any atom is 0.174 e. The third-order valence-electron chi connectivity index (χ3n) is 3.67. The molecule has 1 N–H and O–H groups in total. The third kappa shape index (κ3) is 3.93. The van der Waals surface area contributed by atoms with Gasteiger partial charge in [-0.05, 0) is 24.6 Å². The molecule has 0 bridgehead atoms. The van der Waals surface area contributed by atoms with Gasteiger partial charge in [-0.15, -0.1) is 0 Å². The molecule has 114 valence electrons. The maximum atomic E-state index is 11.0. The first kappa shape index (κ1) is 15.7. The van der Waals surface area contributed by atoms with E-state index in [0.717, 1.165) is 11.3 Å². The molecule has 1 aromatic carbocycles. The Balaban J connectivity index is 2.17. The summed E-state index contributed by atoms with van der Waals surface area (Å²) in [5, 5.41) is 3.16. The average molecular weight is 289 g/mol. The second-order valence-electron chi connectivity index (χ2n) is 5.59. The molecule has 1 heterocycles. The minimum atomic E-state index is -0.553. The Morgan fingerprint density at radius 2 is 2.00 bits per heavy atom. The van der Waals surface area contributed by atoms with Crippen molar-refractivity contribution < 1.29 is 14.3 Å². The van der Waals surface area contributed by atoms with E-state index in [1.54, 1.807) is 6.20 Å². The Bertz CT molecular complexity index is 517. The van der Waals surface area contributed by atoms with Crippen LogP contribution in [0.2, 0.25) is 0 Å². The summed E-state index contributed by atoms with van der Waals surface area (Å²) < 4.78 is 11.8. The number of rotatable bonds is 6. The van der Waals surface area contributed by atoms with E-state index in [1.165, 1.54) is 13.0 Å². The van der Waals surface area contributed by atoms with Crippen LogP contribution < -0.4 is 5.32 Å². The lowest BCUT2D eigenvalue weighted by Crippen LogP contribution is -2.39. The number of allylic oxidation sites excluding steroid dienone is 1. The van der Waals surface area contributed by atoms with E-state index in [1.807, 2.05) is 18.2 Å². The molecular formula is C17H23NO3. The summed E-state index contributed by atoms with van der Waals surface area (Å²) in [6, 6.07) is 8.01. The minimum absolute atomic E-state index is 0.0149. The van der Waals surface area contributed by atoms with Crippen molar-refractivity contribution in [2.75, 3.05) is 18.5 Å². The number of ether oxygens (including phenoxy) is 2. The minimum Gasteiger partial charge on any atom is -0.361 e.